The first-order valence-electron chi connectivity index (χ1n) is 13.1. The van der Waals surface area contributed by atoms with Crippen LogP contribution in [0.15, 0.2) is 58.0 Å². The maximum absolute atomic E-state index is 15.6. The molecule has 2 aliphatic rings. The summed E-state index contributed by atoms with van der Waals surface area (Å²) in [6.07, 6.45) is 3.49. The Morgan fingerprint density at radius 3 is 2.48 bits per heavy atom. The van der Waals surface area contributed by atoms with E-state index in [0.717, 1.165) is 29.9 Å². The molecule has 1 saturated carbocycles. The second-order valence-corrected chi connectivity index (χ2v) is 10.7. The van der Waals surface area contributed by atoms with E-state index in [1.807, 2.05) is 37.4 Å². The fraction of sp³-hybridized carbons (Fsp3) is 0.379. The van der Waals surface area contributed by atoms with Gasteiger partial charge in [-0.3, -0.25) is 9.69 Å². The second-order valence-electron chi connectivity index (χ2n) is 10.3. The maximum atomic E-state index is 15.6. The van der Waals surface area contributed by atoms with Crippen molar-refractivity contribution in [3.05, 3.63) is 80.4 Å². The molecule has 0 bridgehead atoms. The quantitative estimate of drug-likeness (QED) is 0.337. The van der Waals surface area contributed by atoms with Gasteiger partial charge in [-0.1, -0.05) is 47.5 Å². The van der Waals surface area contributed by atoms with Crippen LogP contribution in [0.25, 0.3) is 10.9 Å². The van der Waals surface area contributed by atoms with Gasteiger partial charge < -0.3 is 19.3 Å². The van der Waals surface area contributed by atoms with Gasteiger partial charge in [-0.15, -0.1) is 0 Å². The van der Waals surface area contributed by atoms with Crippen molar-refractivity contribution in [2.24, 2.45) is 0 Å². The molecular formula is C29H29ClF3N3O4. The molecule has 2 fully saturated rings. The van der Waals surface area contributed by atoms with Crippen LogP contribution < -0.4 is 15.1 Å². The fourth-order valence-electron chi connectivity index (χ4n) is 5.30. The van der Waals surface area contributed by atoms with Crippen LogP contribution in [-0.4, -0.2) is 53.8 Å². The molecule has 1 aromatic heterocycles. The van der Waals surface area contributed by atoms with Crippen molar-refractivity contribution < 1.29 is 27.8 Å². The highest BCUT2D eigenvalue weighted by molar-refractivity contribution is 6.30. The number of carbonyl (C=O) groups is 1. The molecule has 2 heterocycles. The van der Waals surface area contributed by atoms with E-state index < -0.39 is 35.1 Å². The zero-order chi connectivity index (χ0) is 28.6. The molecule has 5 rings (SSSR count). The van der Waals surface area contributed by atoms with Gasteiger partial charge in [0, 0.05) is 43.4 Å². The van der Waals surface area contributed by atoms with Crippen molar-refractivity contribution >= 4 is 34.2 Å². The molecule has 0 spiro atoms. The molecule has 1 aliphatic heterocycles. The lowest BCUT2D eigenvalue weighted by Crippen LogP contribution is -2.33. The summed E-state index contributed by atoms with van der Waals surface area (Å²) in [5, 5.41) is 9.91. The summed E-state index contributed by atoms with van der Waals surface area (Å²) in [5.74, 6) is -2.85. The number of aromatic nitrogens is 1. The van der Waals surface area contributed by atoms with Gasteiger partial charge in [-0.05, 0) is 44.4 Å². The van der Waals surface area contributed by atoms with E-state index in [1.165, 1.54) is 4.57 Å². The summed E-state index contributed by atoms with van der Waals surface area (Å²) >= 11 is 6.68. The molecule has 0 unspecified atom stereocenters. The minimum atomic E-state index is -3.28. The summed E-state index contributed by atoms with van der Waals surface area (Å²) < 4.78 is 49.3. The van der Waals surface area contributed by atoms with Gasteiger partial charge in [0.15, 0.2) is 11.6 Å². The summed E-state index contributed by atoms with van der Waals surface area (Å²) in [7, 11) is 1.97. The van der Waals surface area contributed by atoms with Crippen LogP contribution in [0.1, 0.15) is 47.6 Å². The molecule has 1 saturated heterocycles. The predicted octanol–water partition coefficient (Wildman–Crippen LogP) is 6.00. The molecule has 0 atom stereocenters. The van der Waals surface area contributed by atoms with Crippen LogP contribution in [0, 0.1) is 5.82 Å². The van der Waals surface area contributed by atoms with Crippen LogP contribution in [0.5, 0.6) is 5.75 Å². The van der Waals surface area contributed by atoms with E-state index in [1.54, 1.807) is 4.90 Å². The van der Waals surface area contributed by atoms with E-state index >= 15 is 4.39 Å². The number of anilines is 1. The number of pyridine rings is 1. The number of aromatic carboxylic acids is 1. The Hall–Kier alpha value is -3.50. The number of benzene rings is 2. The SMILES string of the molecule is CN(CC(Cl)=C1CCN(c2c(F)cc3c(=O)c(C(=O)O)cn(C4CC4)c3c2OC(F)F)CC1)Cc1ccccc1. The third kappa shape index (κ3) is 5.83. The minimum Gasteiger partial charge on any atom is -0.477 e. The first kappa shape index (κ1) is 28.0. The third-order valence-corrected chi connectivity index (χ3v) is 7.73. The number of fused-ring (bicyclic) bond motifs is 1. The molecule has 11 heteroatoms. The fourth-order valence-corrected chi connectivity index (χ4v) is 5.70. The number of rotatable bonds is 9. The number of carboxylic acids is 1. The van der Waals surface area contributed by atoms with Crippen LogP contribution >= 0.6 is 11.6 Å². The largest absolute Gasteiger partial charge is 0.477 e. The van der Waals surface area contributed by atoms with Crippen molar-refractivity contribution in [1.82, 2.24) is 9.47 Å². The molecule has 3 aromatic rings. The first-order valence-corrected chi connectivity index (χ1v) is 13.4. The molecule has 212 valence electrons. The lowest BCUT2D eigenvalue weighted by Gasteiger charge is -2.33. The number of hydrogen-bond acceptors (Lipinski definition) is 5. The van der Waals surface area contributed by atoms with E-state index in [0.29, 0.717) is 50.3 Å². The standard InChI is InChI=1S/C29H29ClF3N3O4/c1-34(14-17-5-3-2-4-6-17)16-22(30)18-9-11-35(12-10-18)25-23(31)13-20-24(27(25)40-29(32)33)36(19-7-8-19)15-21(26(20)37)28(38)39/h2-6,13,15,19,29H,7-12,14,16H2,1H3,(H,38,39). The highest BCUT2D eigenvalue weighted by Gasteiger charge is 2.33. The average molecular weight is 576 g/mol. The number of likely N-dealkylation sites (N-methyl/N-ethyl adjacent to an activating group) is 1. The summed E-state index contributed by atoms with van der Waals surface area (Å²) in [6, 6.07) is 10.7. The molecular weight excluding hydrogens is 547 g/mol. The smallest absolute Gasteiger partial charge is 0.387 e. The van der Waals surface area contributed by atoms with Crippen molar-refractivity contribution in [3.8, 4) is 5.75 Å². The summed E-state index contributed by atoms with van der Waals surface area (Å²) in [4.78, 5) is 28.3. The van der Waals surface area contributed by atoms with Crippen molar-refractivity contribution in [3.63, 3.8) is 0 Å². The van der Waals surface area contributed by atoms with Gasteiger partial charge in [0.05, 0.1) is 10.9 Å². The molecule has 1 N–H and O–H groups in total. The monoisotopic (exact) mass is 575 g/mol. The Bertz CT molecular complexity index is 1510. The van der Waals surface area contributed by atoms with Crippen LogP contribution in [0.2, 0.25) is 0 Å². The third-order valence-electron chi connectivity index (χ3n) is 7.35. The Kier molecular flexibility index (Phi) is 8.09. The molecule has 0 radical (unpaired) electrons. The normalized spacial score (nSPS) is 15.8. The summed E-state index contributed by atoms with van der Waals surface area (Å²) in [5.41, 5.74) is 0.495. The first-order chi connectivity index (χ1) is 19.1. The second kappa shape index (κ2) is 11.5. The van der Waals surface area contributed by atoms with Crippen LogP contribution in [-0.2, 0) is 6.54 Å². The van der Waals surface area contributed by atoms with Crippen LogP contribution in [0.3, 0.4) is 0 Å². The van der Waals surface area contributed by atoms with Gasteiger partial charge in [-0.25, -0.2) is 9.18 Å². The number of alkyl halides is 2. The highest BCUT2D eigenvalue weighted by atomic mass is 35.5. The molecule has 7 nitrogen and oxygen atoms in total. The molecule has 40 heavy (non-hydrogen) atoms. The number of piperidine rings is 1. The van der Waals surface area contributed by atoms with E-state index in [-0.39, 0.29) is 22.6 Å². The number of halogens is 4. The van der Waals surface area contributed by atoms with Gasteiger partial charge >= 0.3 is 12.6 Å². The Balaban J connectivity index is 1.46. The highest BCUT2D eigenvalue weighted by Crippen LogP contribution is 2.45. The summed E-state index contributed by atoms with van der Waals surface area (Å²) in [6.45, 7) is -1.41. The van der Waals surface area contributed by atoms with E-state index in [4.69, 9.17) is 16.3 Å². The Morgan fingerprint density at radius 1 is 1.20 bits per heavy atom. The van der Waals surface area contributed by atoms with Crippen molar-refractivity contribution in [1.29, 1.82) is 0 Å². The van der Waals surface area contributed by atoms with Gasteiger partial charge in [-0.2, -0.15) is 8.78 Å². The Labute approximate surface area is 234 Å². The van der Waals surface area contributed by atoms with Crippen molar-refractivity contribution in [2.45, 2.75) is 44.9 Å². The Morgan fingerprint density at radius 2 is 1.88 bits per heavy atom. The van der Waals surface area contributed by atoms with Gasteiger partial charge in [0.1, 0.15) is 11.3 Å². The van der Waals surface area contributed by atoms with E-state index in [9.17, 15) is 23.5 Å². The molecule has 1 aliphatic carbocycles. The lowest BCUT2D eigenvalue weighted by atomic mass is 10.0. The molecule has 2 aromatic carbocycles. The lowest BCUT2D eigenvalue weighted by molar-refractivity contribution is -0.0488. The van der Waals surface area contributed by atoms with Crippen molar-refractivity contribution in [2.75, 3.05) is 31.6 Å². The predicted molar refractivity (Wildman–Crippen MR) is 147 cm³/mol. The number of ether oxygens (including phenoxy) is 1. The number of carboxylic acid groups (broad SMARTS) is 1. The zero-order valence-corrected chi connectivity index (χ0v) is 22.6. The molecule has 0 amide bonds. The van der Waals surface area contributed by atoms with Gasteiger partial charge in [0.2, 0.25) is 5.43 Å². The van der Waals surface area contributed by atoms with E-state index in [2.05, 4.69) is 4.90 Å². The minimum absolute atomic E-state index is 0.0175. The number of hydrogen-bond donors (Lipinski definition) is 1. The average Bonchev–Trinajstić information content (AvgIpc) is 3.75. The maximum Gasteiger partial charge on any atom is 0.387 e. The topological polar surface area (TPSA) is 75.0 Å². The number of nitrogens with zero attached hydrogens (tertiary/aromatic N) is 3. The zero-order valence-electron chi connectivity index (χ0n) is 21.9. The van der Waals surface area contributed by atoms with Crippen LogP contribution in [0.4, 0.5) is 18.9 Å². The van der Waals surface area contributed by atoms with Gasteiger partial charge in [0.25, 0.3) is 0 Å².